The summed E-state index contributed by atoms with van der Waals surface area (Å²) >= 11 is 4.62. The summed E-state index contributed by atoms with van der Waals surface area (Å²) in [5.41, 5.74) is 1.12. The van der Waals surface area contributed by atoms with Crippen LogP contribution in [0.3, 0.4) is 0 Å². The average molecular weight is 127 g/mol. The van der Waals surface area contributed by atoms with E-state index in [1.54, 1.807) is 0 Å². The lowest BCUT2D eigenvalue weighted by Gasteiger charge is -2.12. The van der Waals surface area contributed by atoms with Crippen LogP contribution < -0.4 is 5.32 Å². The fourth-order valence-corrected chi connectivity index (χ4v) is 1.02. The Balaban J connectivity index is 2.45. The van der Waals surface area contributed by atoms with Gasteiger partial charge >= 0.3 is 0 Å². The van der Waals surface area contributed by atoms with Gasteiger partial charge < -0.3 is 5.32 Å². The van der Waals surface area contributed by atoms with Gasteiger partial charge in [-0.15, -0.1) is 0 Å². The Labute approximate surface area is 54.8 Å². The molecule has 2 heteroatoms. The highest BCUT2D eigenvalue weighted by molar-refractivity contribution is 7.78. The molecule has 0 aliphatic carbocycles. The number of piperidine rings is 1. The molecule has 0 aromatic rings. The van der Waals surface area contributed by atoms with Crippen molar-refractivity contribution < 1.29 is 0 Å². The van der Waals surface area contributed by atoms with Gasteiger partial charge in [0.05, 0.1) is 5.70 Å². The first-order valence-electron chi connectivity index (χ1n) is 2.91. The topological polar surface area (TPSA) is 12.0 Å². The normalized spacial score (nSPS) is 19.2. The molecule has 1 saturated heterocycles. The van der Waals surface area contributed by atoms with E-state index >= 15 is 0 Å². The second kappa shape index (κ2) is 2.85. The Morgan fingerprint density at radius 3 is 2.75 bits per heavy atom. The van der Waals surface area contributed by atoms with E-state index in [-0.39, 0.29) is 0 Å². The lowest BCUT2D eigenvalue weighted by molar-refractivity contribution is 0.595. The summed E-state index contributed by atoms with van der Waals surface area (Å²) in [6, 6.07) is 0. The third-order valence-electron chi connectivity index (χ3n) is 1.32. The molecule has 1 aliphatic heterocycles. The number of rotatable bonds is 0. The van der Waals surface area contributed by atoms with Crippen molar-refractivity contribution >= 4 is 17.2 Å². The molecule has 0 aromatic heterocycles. The van der Waals surface area contributed by atoms with Crippen LogP contribution in [-0.2, 0) is 0 Å². The molecule has 1 nitrogen and oxygen atoms in total. The van der Waals surface area contributed by atoms with Crippen molar-refractivity contribution in [3.05, 3.63) is 5.70 Å². The molecule has 1 aliphatic rings. The van der Waals surface area contributed by atoms with Crippen molar-refractivity contribution in [1.82, 2.24) is 5.32 Å². The minimum Gasteiger partial charge on any atom is -0.381 e. The maximum Gasteiger partial charge on any atom is 0.0653 e. The Morgan fingerprint density at radius 2 is 2.38 bits per heavy atom. The van der Waals surface area contributed by atoms with Crippen LogP contribution in [-0.4, -0.2) is 11.6 Å². The van der Waals surface area contributed by atoms with E-state index < -0.39 is 0 Å². The van der Waals surface area contributed by atoms with Crippen LogP contribution in [0.15, 0.2) is 5.70 Å². The standard InChI is InChI=1S/C6H9NS/c8-5-6-3-1-2-4-7-6/h7H,1-4H2. The molecule has 0 aromatic carbocycles. The molecule has 8 heavy (non-hydrogen) atoms. The number of hydrogen-bond acceptors (Lipinski definition) is 2. The van der Waals surface area contributed by atoms with Crippen LogP contribution in [0.25, 0.3) is 0 Å². The summed E-state index contributed by atoms with van der Waals surface area (Å²) in [6.45, 7) is 1.08. The van der Waals surface area contributed by atoms with E-state index in [9.17, 15) is 0 Å². The van der Waals surface area contributed by atoms with Crippen molar-refractivity contribution in [2.75, 3.05) is 6.54 Å². The molecule has 0 amide bonds. The monoisotopic (exact) mass is 127 g/mol. The largest absolute Gasteiger partial charge is 0.381 e. The number of hydrogen-bond donors (Lipinski definition) is 1. The fourth-order valence-electron chi connectivity index (χ4n) is 0.842. The van der Waals surface area contributed by atoms with Crippen molar-refractivity contribution in [3.63, 3.8) is 0 Å². The predicted octanol–water partition coefficient (Wildman–Crippen LogP) is 1.24. The number of allylic oxidation sites excluding steroid dienone is 1. The van der Waals surface area contributed by atoms with Crippen LogP contribution >= 0.6 is 12.2 Å². The van der Waals surface area contributed by atoms with Gasteiger partial charge in [-0.2, -0.15) is 0 Å². The lowest BCUT2D eigenvalue weighted by atomic mass is 10.1. The molecule has 0 radical (unpaired) electrons. The van der Waals surface area contributed by atoms with Crippen LogP contribution in [0, 0.1) is 0 Å². The minimum atomic E-state index is 1.08. The average Bonchev–Trinajstić information content (AvgIpc) is 1.90. The second-order valence-corrected chi connectivity index (χ2v) is 2.17. The molecule has 1 N–H and O–H groups in total. The maximum atomic E-state index is 4.62. The first-order chi connectivity index (χ1) is 3.93. The van der Waals surface area contributed by atoms with Gasteiger partial charge in [0.25, 0.3) is 0 Å². The summed E-state index contributed by atoms with van der Waals surface area (Å²) in [6.07, 6.45) is 3.65. The molecule has 1 fully saturated rings. The van der Waals surface area contributed by atoms with Crippen molar-refractivity contribution in [2.45, 2.75) is 19.3 Å². The van der Waals surface area contributed by atoms with Crippen molar-refractivity contribution in [1.29, 1.82) is 0 Å². The molecular formula is C6H9NS. The molecule has 0 unspecified atom stereocenters. The first-order valence-corrected chi connectivity index (χ1v) is 3.32. The highest BCUT2D eigenvalue weighted by atomic mass is 32.1. The number of nitrogens with one attached hydrogen (secondary N) is 1. The van der Waals surface area contributed by atoms with Crippen LogP contribution in [0.5, 0.6) is 0 Å². The third-order valence-corrected chi connectivity index (χ3v) is 1.56. The fraction of sp³-hybridized carbons (Fsp3) is 0.667. The Bertz CT molecular complexity index is 116. The van der Waals surface area contributed by atoms with Gasteiger partial charge in [0, 0.05) is 6.54 Å². The zero-order chi connectivity index (χ0) is 5.82. The van der Waals surface area contributed by atoms with Crippen LogP contribution in [0.2, 0.25) is 0 Å². The molecule has 44 valence electrons. The van der Waals surface area contributed by atoms with E-state index in [0.717, 1.165) is 18.7 Å². The molecule has 1 heterocycles. The summed E-state index contributed by atoms with van der Waals surface area (Å²) < 4.78 is 0. The highest BCUT2D eigenvalue weighted by Gasteiger charge is 2.00. The van der Waals surface area contributed by atoms with Gasteiger partial charge in [-0.3, -0.25) is 0 Å². The Morgan fingerprint density at radius 1 is 1.50 bits per heavy atom. The Hall–Kier alpha value is -0.330. The van der Waals surface area contributed by atoms with Gasteiger partial charge in [0.1, 0.15) is 0 Å². The quantitative estimate of drug-likeness (QED) is 0.491. The van der Waals surface area contributed by atoms with Gasteiger partial charge in [-0.05, 0) is 36.5 Å². The third kappa shape index (κ3) is 1.32. The molecular weight excluding hydrogens is 118 g/mol. The minimum absolute atomic E-state index is 1.08. The van der Waals surface area contributed by atoms with Crippen LogP contribution in [0.4, 0.5) is 0 Å². The van der Waals surface area contributed by atoms with E-state index in [1.165, 1.54) is 12.8 Å². The highest BCUT2D eigenvalue weighted by Crippen LogP contribution is 2.06. The van der Waals surface area contributed by atoms with E-state index in [1.807, 2.05) is 0 Å². The zero-order valence-electron chi connectivity index (χ0n) is 4.74. The molecule has 0 saturated carbocycles. The zero-order valence-corrected chi connectivity index (χ0v) is 5.55. The summed E-state index contributed by atoms with van der Waals surface area (Å²) in [5.74, 6) is 0. The molecule has 0 bridgehead atoms. The first kappa shape index (κ1) is 5.80. The van der Waals surface area contributed by atoms with E-state index in [4.69, 9.17) is 0 Å². The smallest absolute Gasteiger partial charge is 0.0653 e. The summed E-state index contributed by atoms with van der Waals surface area (Å²) in [7, 11) is 0. The summed E-state index contributed by atoms with van der Waals surface area (Å²) in [4.78, 5) is 0. The SMILES string of the molecule is S=C=C1CCCCN1. The summed E-state index contributed by atoms with van der Waals surface area (Å²) in [5, 5.41) is 5.86. The van der Waals surface area contributed by atoms with Crippen molar-refractivity contribution in [3.8, 4) is 0 Å². The molecule has 0 spiro atoms. The van der Waals surface area contributed by atoms with E-state index in [0.29, 0.717) is 0 Å². The van der Waals surface area contributed by atoms with Gasteiger partial charge in [-0.1, -0.05) is 0 Å². The predicted molar refractivity (Wildman–Crippen MR) is 38.0 cm³/mol. The van der Waals surface area contributed by atoms with Gasteiger partial charge in [0.15, 0.2) is 0 Å². The van der Waals surface area contributed by atoms with E-state index in [2.05, 4.69) is 22.6 Å². The second-order valence-electron chi connectivity index (χ2n) is 1.96. The van der Waals surface area contributed by atoms with Gasteiger partial charge in [0.2, 0.25) is 0 Å². The Kier molecular flexibility index (Phi) is 2.07. The molecule has 1 rings (SSSR count). The number of thiocarbonyl (C=S) groups is 1. The molecule has 0 atom stereocenters. The van der Waals surface area contributed by atoms with Gasteiger partial charge in [-0.25, -0.2) is 0 Å². The maximum absolute atomic E-state index is 4.62. The van der Waals surface area contributed by atoms with Crippen molar-refractivity contribution in [2.24, 2.45) is 0 Å². The lowest BCUT2D eigenvalue weighted by Crippen LogP contribution is -2.19. The van der Waals surface area contributed by atoms with Crippen LogP contribution in [0.1, 0.15) is 19.3 Å².